The number of fused-ring (bicyclic) bond motifs is 3. The molecule has 202 valence electrons. The van der Waals surface area contributed by atoms with E-state index in [1.54, 1.807) is 21.1 Å². The molecular weight excluding hydrogens is 512 g/mol. The number of morpholine rings is 1. The van der Waals surface area contributed by atoms with E-state index in [1.165, 1.54) is 0 Å². The van der Waals surface area contributed by atoms with Gasteiger partial charge in [-0.2, -0.15) is 0 Å². The molecule has 3 aromatic rings. The summed E-state index contributed by atoms with van der Waals surface area (Å²) in [5.41, 5.74) is 2.34. The number of halogens is 1. The Morgan fingerprint density at radius 2 is 1.92 bits per heavy atom. The van der Waals surface area contributed by atoms with Gasteiger partial charge in [-0.3, -0.25) is 14.3 Å². The number of benzene rings is 2. The topological polar surface area (TPSA) is 97.2 Å². The third-order valence-electron chi connectivity index (χ3n) is 6.70. The summed E-state index contributed by atoms with van der Waals surface area (Å²) < 4.78 is 30.8. The van der Waals surface area contributed by atoms with Crippen LogP contribution in [0.1, 0.15) is 48.3 Å². The van der Waals surface area contributed by atoms with Gasteiger partial charge in [0.1, 0.15) is 12.2 Å². The van der Waals surface area contributed by atoms with Crippen LogP contribution in [0.25, 0.3) is 5.69 Å². The molecule has 10 nitrogen and oxygen atoms in total. The first-order chi connectivity index (χ1) is 18.5. The van der Waals surface area contributed by atoms with Gasteiger partial charge in [0, 0.05) is 29.2 Å². The summed E-state index contributed by atoms with van der Waals surface area (Å²) in [6, 6.07) is 11.2. The van der Waals surface area contributed by atoms with Crippen molar-refractivity contribution >= 4 is 17.6 Å². The van der Waals surface area contributed by atoms with Crippen molar-refractivity contribution in [3.8, 4) is 17.2 Å². The normalized spacial score (nSPS) is 19.3. The van der Waals surface area contributed by atoms with E-state index in [4.69, 9.17) is 35.3 Å². The van der Waals surface area contributed by atoms with E-state index in [2.05, 4.69) is 15.1 Å². The monoisotopic (exact) mass is 542 g/mol. The second kappa shape index (κ2) is 11.7. The van der Waals surface area contributed by atoms with Crippen LogP contribution < -0.4 is 9.47 Å². The molecule has 2 unspecified atom stereocenters. The number of para-hydroxylation sites is 1. The number of aromatic nitrogens is 3. The Kier molecular flexibility index (Phi) is 8.13. The van der Waals surface area contributed by atoms with Gasteiger partial charge in [-0.05, 0) is 31.2 Å². The highest BCUT2D eigenvalue weighted by atomic mass is 35.5. The second-order valence-electron chi connectivity index (χ2n) is 9.00. The molecule has 0 spiro atoms. The zero-order chi connectivity index (χ0) is 26.6. The van der Waals surface area contributed by atoms with Gasteiger partial charge in [0.25, 0.3) is 0 Å². The molecule has 3 heterocycles. The molecule has 38 heavy (non-hydrogen) atoms. The molecule has 1 saturated heterocycles. The number of methoxy groups -OCH3 is 2. The van der Waals surface area contributed by atoms with Crippen LogP contribution in [-0.2, 0) is 25.5 Å². The molecule has 2 aliphatic heterocycles. The number of carbonyl (C=O) groups is 1. The predicted octanol–water partition coefficient (Wildman–Crippen LogP) is 3.88. The summed E-state index contributed by atoms with van der Waals surface area (Å²) in [7, 11) is 3.17. The summed E-state index contributed by atoms with van der Waals surface area (Å²) in [6.07, 6.45) is -1.42. The first kappa shape index (κ1) is 26.4. The second-order valence-corrected chi connectivity index (χ2v) is 9.43. The van der Waals surface area contributed by atoms with Crippen LogP contribution in [0.5, 0.6) is 11.5 Å². The fraction of sp³-hybridized carbons (Fsp3) is 0.444. The quantitative estimate of drug-likeness (QED) is 0.393. The van der Waals surface area contributed by atoms with E-state index in [1.807, 2.05) is 41.0 Å². The lowest BCUT2D eigenvalue weighted by Gasteiger charge is -2.26. The van der Waals surface area contributed by atoms with Crippen molar-refractivity contribution in [2.75, 3.05) is 47.1 Å². The minimum absolute atomic E-state index is 0.0337. The fourth-order valence-electron chi connectivity index (χ4n) is 4.97. The molecule has 0 N–H and O–H groups in total. The summed E-state index contributed by atoms with van der Waals surface area (Å²) in [4.78, 5) is 15.0. The Bertz CT molecular complexity index is 1290. The lowest BCUT2D eigenvalue weighted by atomic mass is 9.98. The van der Waals surface area contributed by atoms with Crippen LogP contribution in [0.15, 0.2) is 36.4 Å². The van der Waals surface area contributed by atoms with Crippen molar-refractivity contribution < 1.29 is 28.5 Å². The Hall–Kier alpha value is -3.18. The van der Waals surface area contributed by atoms with Crippen molar-refractivity contribution in [1.29, 1.82) is 0 Å². The Morgan fingerprint density at radius 3 is 2.66 bits per heavy atom. The molecule has 0 saturated carbocycles. The maximum Gasteiger partial charge on any atom is 0.308 e. The average molecular weight is 543 g/mol. The van der Waals surface area contributed by atoms with E-state index in [0.29, 0.717) is 42.1 Å². The van der Waals surface area contributed by atoms with Crippen molar-refractivity contribution in [3.63, 3.8) is 0 Å². The molecule has 2 aliphatic rings. The Labute approximate surface area is 226 Å². The largest absolute Gasteiger partial charge is 0.493 e. The lowest BCUT2D eigenvalue weighted by Crippen LogP contribution is -2.36. The number of esters is 1. The molecular formula is C27H31ClN4O6. The van der Waals surface area contributed by atoms with Crippen molar-refractivity contribution in [1.82, 2.24) is 19.7 Å². The van der Waals surface area contributed by atoms with Crippen LogP contribution in [0, 0.1) is 0 Å². The van der Waals surface area contributed by atoms with Crippen LogP contribution in [0.4, 0.5) is 0 Å². The van der Waals surface area contributed by atoms with E-state index in [9.17, 15) is 4.79 Å². The van der Waals surface area contributed by atoms with E-state index >= 15 is 0 Å². The number of rotatable bonds is 8. The highest BCUT2D eigenvalue weighted by Crippen LogP contribution is 2.46. The van der Waals surface area contributed by atoms with Crippen LogP contribution in [-0.4, -0.2) is 72.8 Å². The Balaban J connectivity index is 1.68. The van der Waals surface area contributed by atoms with Gasteiger partial charge in [0.2, 0.25) is 0 Å². The van der Waals surface area contributed by atoms with Gasteiger partial charge < -0.3 is 23.7 Å². The smallest absolute Gasteiger partial charge is 0.308 e. The molecule has 0 radical (unpaired) electrons. The zero-order valence-electron chi connectivity index (χ0n) is 21.7. The molecule has 0 amide bonds. The molecule has 5 rings (SSSR count). The SMILES string of the molecule is CCOC(=O)CC1OC(c2cccc(OC)c2OC)c2cc(Cl)ccc2-n2c(CN3CCOCC3)nnc21. The molecule has 1 aromatic heterocycles. The zero-order valence-corrected chi connectivity index (χ0v) is 22.4. The standard InChI is InChI=1S/C27H31ClN4O6/c1-4-37-24(33)15-22-27-30-29-23(16-31-10-12-36-13-11-31)32(27)20-9-8-17(28)14-19(20)25(38-22)18-6-5-7-21(34-2)26(18)35-3/h5-9,14,22,25H,4,10-13,15-16H2,1-3H3. The summed E-state index contributed by atoms with van der Waals surface area (Å²) in [6.45, 7) is 5.53. The van der Waals surface area contributed by atoms with E-state index in [0.717, 1.165) is 35.7 Å². The van der Waals surface area contributed by atoms with Gasteiger partial charge in [0.15, 0.2) is 23.1 Å². The summed E-state index contributed by atoms with van der Waals surface area (Å²) in [5, 5.41) is 9.62. The molecule has 1 fully saturated rings. The van der Waals surface area contributed by atoms with Crippen molar-refractivity contribution in [2.24, 2.45) is 0 Å². The van der Waals surface area contributed by atoms with E-state index in [-0.39, 0.29) is 19.0 Å². The minimum atomic E-state index is -0.743. The predicted molar refractivity (Wildman–Crippen MR) is 139 cm³/mol. The lowest BCUT2D eigenvalue weighted by molar-refractivity contribution is -0.147. The maximum atomic E-state index is 12.7. The van der Waals surface area contributed by atoms with Gasteiger partial charge in [0.05, 0.1) is 52.7 Å². The highest BCUT2D eigenvalue weighted by Gasteiger charge is 2.37. The molecule has 0 bridgehead atoms. The number of hydrogen-bond acceptors (Lipinski definition) is 9. The van der Waals surface area contributed by atoms with Gasteiger partial charge in [-0.25, -0.2) is 0 Å². The van der Waals surface area contributed by atoms with Crippen molar-refractivity contribution in [3.05, 3.63) is 64.2 Å². The molecule has 2 aromatic carbocycles. The highest BCUT2D eigenvalue weighted by molar-refractivity contribution is 6.30. The number of ether oxygens (including phenoxy) is 5. The minimum Gasteiger partial charge on any atom is -0.493 e. The average Bonchev–Trinajstić information content (AvgIpc) is 3.28. The fourth-order valence-corrected chi connectivity index (χ4v) is 5.15. The van der Waals surface area contributed by atoms with Crippen LogP contribution in [0.3, 0.4) is 0 Å². The van der Waals surface area contributed by atoms with Gasteiger partial charge in [-0.1, -0.05) is 23.7 Å². The molecule has 0 aliphatic carbocycles. The number of carbonyl (C=O) groups excluding carboxylic acids is 1. The summed E-state index contributed by atoms with van der Waals surface area (Å²) >= 11 is 6.53. The van der Waals surface area contributed by atoms with E-state index < -0.39 is 12.2 Å². The first-order valence-corrected chi connectivity index (χ1v) is 13.0. The molecule has 11 heteroatoms. The van der Waals surface area contributed by atoms with Gasteiger partial charge >= 0.3 is 5.97 Å². The third kappa shape index (κ3) is 5.22. The number of hydrogen-bond donors (Lipinski definition) is 0. The Morgan fingerprint density at radius 1 is 1.11 bits per heavy atom. The van der Waals surface area contributed by atoms with Gasteiger partial charge in [-0.15, -0.1) is 10.2 Å². The first-order valence-electron chi connectivity index (χ1n) is 12.6. The van der Waals surface area contributed by atoms with Crippen molar-refractivity contribution in [2.45, 2.75) is 32.1 Å². The maximum absolute atomic E-state index is 12.7. The third-order valence-corrected chi connectivity index (χ3v) is 6.93. The number of nitrogens with zero attached hydrogens (tertiary/aromatic N) is 4. The van der Waals surface area contributed by atoms with Crippen LogP contribution in [0.2, 0.25) is 5.02 Å². The van der Waals surface area contributed by atoms with Crippen LogP contribution >= 0.6 is 11.6 Å². The molecule has 2 atom stereocenters. The summed E-state index contributed by atoms with van der Waals surface area (Å²) in [5.74, 6) is 1.97.